The summed E-state index contributed by atoms with van der Waals surface area (Å²) in [4.78, 5) is 25.3. The standard InChI is InChI=1S/C18H18ClNO4S/c1-11(24-18(22)13-6-4-5-7-16(13)25-3)17(21)20-12-8-9-15(23-2)14(19)10-12/h4-11H,1-3H3,(H,20,21)/t11-/m0/s1. The lowest BCUT2D eigenvalue weighted by atomic mass is 10.2. The van der Waals surface area contributed by atoms with Gasteiger partial charge in [0.1, 0.15) is 5.75 Å². The predicted molar refractivity (Wildman–Crippen MR) is 99.7 cm³/mol. The number of hydrogen-bond donors (Lipinski definition) is 1. The molecule has 7 heteroatoms. The number of rotatable bonds is 6. The molecule has 1 N–H and O–H groups in total. The molecule has 0 aromatic heterocycles. The molecule has 132 valence electrons. The molecule has 0 saturated heterocycles. The Hall–Kier alpha value is -2.18. The van der Waals surface area contributed by atoms with Gasteiger partial charge in [0, 0.05) is 10.6 Å². The van der Waals surface area contributed by atoms with E-state index in [1.165, 1.54) is 25.8 Å². The van der Waals surface area contributed by atoms with Crippen molar-refractivity contribution in [2.75, 3.05) is 18.7 Å². The zero-order valence-electron chi connectivity index (χ0n) is 14.0. The van der Waals surface area contributed by atoms with Crippen molar-refractivity contribution >= 4 is 40.9 Å². The number of ether oxygens (including phenoxy) is 2. The van der Waals surface area contributed by atoms with Gasteiger partial charge < -0.3 is 14.8 Å². The number of carbonyl (C=O) groups is 2. The molecule has 0 bridgehead atoms. The fourth-order valence-electron chi connectivity index (χ4n) is 2.08. The number of benzene rings is 2. The summed E-state index contributed by atoms with van der Waals surface area (Å²) in [5, 5.41) is 3.03. The highest BCUT2D eigenvalue weighted by atomic mass is 35.5. The van der Waals surface area contributed by atoms with Crippen LogP contribution in [0.15, 0.2) is 47.4 Å². The second-order valence-electron chi connectivity index (χ2n) is 5.09. The van der Waals surface area contributed by atoms with E-state index in [0.717, 1.165) is 4.90 Å². The highest BCUT2D eigenvalue weighted by molar-refractivity contribution is 7.98. The van der Waals surface area contributed by atoms with Gasteiger partial charge in [0.05, 0.1) is 17.7 Å². The molecule has 0 spiro atoms. The first-order valence-corrected chi connectivity index (χ1v) is 9.05. The van der Waals surface area contributed by atoms with Gasteiger partial charge in [0.15, 0.2) is 6.10 Å². The average molecular weight is 380 g/mol. The molecular weight excluding hydrogens is 362 g/mol. The van der Waals surface area contributed by atoms with Gasteiger partial charge >= 0.3 is 5.97 Å². The molecule has 2 aromatic rings. The van der Waals surface area contributed by atoms with Crippen LogP contribution in [0.25, 0.3) is 0 Å². The maximum Gasteiger partial charge on any atom is 0.340 e. The lowest BCUT2D eigenvalue weighted by molar-refractivity contribution is -0.123. The zero-order chi connectivity index (χ0) is 18.4. The topological polar surface area (TPSA) is 64.6 Å². The van der Waals surface area contributed by atoms with Gasteiger partial charge in [0.2, 0.25) is 0 Å². The Balaban J connectivity index is 2.02. The van der Waals surface area contributed by atoms with Crippen molar-refractivity contribution in [2.24, 2.45) is 0 Å². The van der Waals surface area contributed by atoms with E-state index in [1.807, 2.05) is 18.4 Å². The lowest BCUT2D eigenvalue weighted by Crippen LogP contribution is -2.30. The van der Waals surface area contributed by atoms with Gasteiger partial charge in [-0.2, -0.15) is 0 Å². The Morgan fingerprint density at radius 3 is 2.56 bits per heavy atom. The van der Waals surface area contributed by atoms with Crippen LogP contribution in [-0.4, -0.2) is 31.3 Å². The van der Waals surface area contributed by atoms with Crippen molar-refractivity contribution in [1.29, 1.82) is 0 Å². The molecule has 0 fully saturated rings. The minimum Gasteiger partial charge on any atom is -0.495 e. The molecule has 0 aliphatic heterocycles. The zero-order valence-corrected chi connectivity index (χ0v) is 15.6. The normalized spacial score (nSPS) is 11.5. The molecule has 0 unspecified atom stereocenters. The Labute approximate surface area is 155 Å². The maximum absolute atomic E-state index is 12.3. The van der Waals surface area contributed by atoms with E-state index in [-0.39, 0.29) is 0 Å². The van der Waals surface area contributed by atoms with Gasteiger partial charge in [-0.05, 0) is 43.5 Å². The number of halogens is 1. The third-order valence-electron chi connectivity index (χ3n) is 3.40. The van der Waals surface area contributed by atoms with E-state index in [2.05, 4.69) is 5.32 Å². The third-order valence-corrected chi connectivity index (χ3v) is 4.49. The largest absolute Gasteiger partial charge is 0.495 e. The van der Waals surface area contributed by atoms with Gasteiger partial charge in [0.25, 0.3) is 5.91 Å². The van der Waals surface area contributed by atoms with Crippen LogP contribution in [0.2, 0.25) is 5.02 Å². The second kappa shape index (κ2) is 8.78. The molecule has 0 aliphatic carbocycles. The summed E-state index contributed by atoms with van der Waals surface area (Å²) in [5.41, 5.74) is 0.922. The van der Waals surface area contributed by atoms with Crippen molar-refractivity contribution in [3.05, 3.63) is 53.1 Å². The van der Waals surface area contributed by atoms with E-state index in [9.17, 15) is 9.59 Å². The number of carbonyl (C=O) groups excluding carboxylic acids is 2. The molecule has 25 heavy (non-hydrogen) atoms. The molecule has 0 saturated carbocycles. The average Bonchev–Trinajstić information content (AvgIpc) is 2.61. The molecule has 0 radical (unpaired) electrons. The van der Waals surface area contributed by atoms with Gasteiger partial charge in [-0.25, -0.2) is 4.79 Å². The van der Waals surface area contributed by atoms with E-state index in [0.29, 0.717) is 22.0 Å². The van der Waals surface area contributed by atoms with Gasteiger partial charge in [-0.15, -0.1) is 11.8 Å². The van der Waals surface area contributed by atoms with Crippen LogP contribution in [0, 0.1) is 0 Å². The molecule has 1 amide bonds. The molecule has 5 nitrogen and oxygen atoms in total. The number of amides is 1. The van der Waals surface area contributed by atoms with Crippen molar-refractivity contribution in [3.63, 3.8) is 0 Å². The highest BCUT2D eigenvalue weighted by Crippen LogP contribution is 2.27. The summed E-state index contributed by atoms with van der Waals surface area (Å²) in [7, 11) is 1.51. The number of thioether (sulfide) groups is 1. The first-order chi connectivity index (χ1) is 12.0. The SMILES string of the molecule is COc1ccc(NC(=O)[C@H](C)OC(=O)c2ccccc2SC)cc1Cl. The smallest absolute Gasteiger partial charge is 0.340 e. The number of methoxy groups -OCH3 is 1. The second-order valence-corrected chi connectivity index (χ2v) is 6.34. The maximum atomic E-state index is 12.3. The van der Waals surface area contributed by atoms with E-state index >= 15 is 0 Å². The molecule has 2 rings (SSSR count). The van der Waals surface area contributed by atoms with Gasteiger partial charge in [-0.1, -0.05) is 23.7 Å². The summed E-state index contributed by atoms with van der Waals surface area (Å²) >= 11 is 7.47. The summed E-state index contributed by atoms with van der Waals surface area (Å²) in [5.74, 6) is -0.482. The quantitative estimate of drug-likeness (QED) is 0.600. The summed E-state index contributed by atoms with van der Waals surface area (Å²) in [6, 6.07) is 11.9. The molecule has 2 aromatic carbocycles. The molecule has 1 atom stereocenters. The van der Waals surface area contributed by atoms with Crippen LogP contribution in [0.4, 0.5) is 5.69 Å². The first kappa shape index (κ1) is 19.1. The predicted octanol–water partition coefficient (Wildman–Crippen LogP) is 4.25. The van der Waals surface area contributed by atoms with Crippen molar-refractivity contribution in [2.45, 2.75) is 17.9 Å². The van der Waals surface area contributed by atoms with Crippen LogP contribution in [0.5, 0.6) is 5.75 Å². The molecular formula is C18H18ClNO4S. The van der Waals surface area contributed by atoms with Gasteiger partial charge in [-0.3, -0.25) is 4.79 Å². The third kappa shape index (κ3) is 4.90. The lowest BCUT2D eigenvalue weighted by Gasteiger charge is -2.15. The van der Waals surface area contributed by atoms with E-state index in [4.69, 9.17) is 21.1 Å². The first-order valence-electron chi connectivity index (χ1n) is 7.44. The van der Waals surface area contributed by atoms with Crippen LogP contribution in [0.1, 0.15) is 17.3 Å². The Morgan fingerprint density at radius 1 is 1.20 bits per heavy atom. The summed E-state index contributed by atoms with van der Waals surface area (Å²) in [6.07, 6.45) is 0.915. The van der Waals surface area contributed by atoms with Crippen LogP contribution in [-0.2, 0) is 9.53 Å². The number of nitrogens with one attached hydrogen (secondary N) is 1. The number of hydrogen-bond acceptors (Lipinski definition) is 5. The Morgan fingerprint density at radius 2 is 1.92 bits per heavy atom. The fourth-order valence-corrected chi connectivity index (χ4v) is 2.92. The summed E-state index contributed by atoms with van der Waals surface area (Å²) < 4.78 is 10.3. The fraction of sp³-hybridized carbons (Fsp3) is 0.222. The van der Waals surface area contributed by atoms with E-state index < -0.39 is 18.0 Å². The monoisotopic (exact) mass is 379 g/mol. The number of anilines is 1. The molecule has 0 aliphatic rings. The van der Waals surface area contributed by atoms with Crippen LogP contribution < -0.4 is 10.1 Å². The van der Waals surface area contributed by atoms with Crippen molar-refractivity contribution < 1.29 is 19.1 Å². The van der Waals surface area contributed by atoms with Crippen LogP contribution >= 0.6 is 23.4 Å². The number of esters is 1. The molecule has 0 heterocycles. The minimum absolute atomic E-state index is 0.374. The Kier molecular flexibility index (Phi) is 6.73. The van der Waals surface area contributed by atoms with E-state index in [1.54, 1.807) is 30.3 Å². The summed E-state index contributed by atoms with van der Waals surface area (Å²) in [6.45, 7) is 1.51. The Bertz CT molecular complexity index is 781. The van der Waals surface area contributed by atoms with Crippen molar-refractivity contribution in [1.82, 2.24) is 0 Å². The minimum atomic E-state index is -0.955. The van der Waals surface area contributed by atoms with Crippen LogP contribution in [0.3, 0.4) is 0 Å². The highest BCUT2D eigenvalue weighted by Gasteiger charge is 2.21. The van der Waals surface area contributed by atoms with Crippen molar-refractivity contribution in [3.8, 4) is 5.75 Å².